The van der Waals surface area contributed by atoms with Crippen molar-refractivity contribution in [2.45, 2.75) is 19.4 Å². The van der Waals surface area contributed by atoms with Gasteiger partial charge in [0.1, 0.15) is 5.75 Å². The summed E-state index contributed by atoms with van der Waals surface area (Å²) in [6, 6.07) is 7.96. The first-order valence-electron chi connectivity index (χ1n) is 6.34. The highest BCUT2D eigenvalue weighted by Gasteiger charge is 2.23. The first-order chi connectivity index (χ1) is 8.72. The maximum atomic E-state index is 12.3. The maximum Gasteiger partial charge on any atom is 0.227 e. The summed E-state index contributed by atoms with van der Waals surface area (Å²) in [5.74, 6) is 0.960. The largest absolute Gasteiger partial charge is 0.496 e. The van der Waals surface area contributed by atoms with Crippen LogP contribution < -0.4 is 10.1 Å². The molecule has 1 saturated heterocycles. The molecule has 0 saturated carbocycles. The predicted molar refractivity (Wildman–Crippen MR) is 70.7 cm³/mol. The number of hydrogen-bond acceptors (Lipinski definition) is 3. The van der Waals surface area contributed by atoms with Crippen LogP contribution >= 0.6 is 0 Å². The minimum atomic E-state index is 0.175. The van der Waals surface area contributed by atoms with Crippen molar-refractivity contribution in [3.05, 3.63) is 29.8 Å². The second-order valence-electron chi connectivity index (χ2n) is 4.63. The van der Waals surface area contributed by atoms with Crippen LogP contribution in [0.1, 0.15) is 12.5 Å². The van der Waals surface area contributed by atoms with E-state index in [1.807, 2.05) is 29.2 Å². The summed E-state index contributed by atoms with van der Waals surface area (Å²) < 4.78 is 5.28. The van der Waals surface area contributed by atoms with Gasteiger partial charge in [-0.2, -0.15) is 0 Å². The lowest BCUT2D eigenvalue weighted by atomic mass is 10.1. The SMILES string of the molecule is COc1ccccc1CC(=O)N1CCNC[C@@H]1C. The van der Waals surface area contributed by atoms with Gasteiger partial charge in [-0.05, 0) is 13.0 Å². The Hall–Kier alpha value is -1.55. The highest BCUT2D eigenvalue weighted by atomic mass is 16.5. The molecule has 1 atom stereocenters. The topological polar surface area (TPSA) is 41.6 Å². The Labute approximate surface area is 108 Å². The normalized spacial score (nSPS) is 19.7. The van der Waals surface area contributed by atoms with Crippen molar-refractivity contribution in [3.8, 4) is 5.75 Å². The van der Waals surface area contributed by atoms with Crippen LogP contribution in [0.2, 0.25) is 0 Å². The van der Waals surface area contributed by atoms with Crippen LogP contribution in [-0.2, 0) is 11.2 Å². The first-order valence-corrected chi connectivity index (χ1v) is 6.34. The molecule has 4 heteroatoms. The molecule has 1 aromatic rings. The van der Waals surface area contributed by atoms with Gasteiger partial charge in [-0.3, -0.25) is 4.79 Å². The summed E-state index contributed by atoms with van der Waals surface area (Å²) in [4.78, 5) is 14.2. The summed E-state index contributed by atoms with van der Waals surface area (Å²) in [5.41, 5.74) is 0.954. The van der Waals surface area contributed by atoms with E-state index >= 15 is 0 Å². The highest BCUT2D eigenvalue weighted by molar-refractivity contribution is 5.80. The average Bonchev–Trinajstić information content (AvgIpc) is 2.39. The van der Waals surface area contributed by atoms with Gasteiger partial charge in [0.25, 0.3) is 0 Å². The van der Waals surface area contributed by atoms with Gasteiger partial charge < -0.3 is 15.0 Å². The molecule has 1 aliphatic rings. The number of carbonyl (C=O) groups excluding carboxylic acids is 1. The lowest BCUT2D eigenvalue weighted by Crippen LogP contribution is -2.52. The Kier molecular flexibility index (Phi) is 4.20. The fraction of sp³-hybridized carbons (Fsp3) is 0.500. The van der Waals surface area contributed by atoms with Crippen LogP contribution in [0.3, 0.4) is 0 Å². The van der Waals surface area contributed by atoms with Gasteiger partial charge in [-0.1, -0.05) is 18.2 Å². The third-order valence-corrected chi connectivity index (χ3v) is 3.36. The molecule has 0 aliphatic carbocycles. The van der Waals surface area contributed by atoms with Crippen LogP contribution in [0, 0.1) is 0 Å². The van der Waals surface area contributed by atoms with Gasteiger partial charge in [-0.15, -0.1) is 0 Å². The van der Waals surface area contributed by atoms with E-state index in [1.165, 1.54) is 0 Å². The Balaban J connectivity index is 2.06. The van der Waals surface area contributed by atoms with Crippen LogP contribution in [0.15, 0.2) is 24.3 Å². The van der Waals surface area contributed by atoms with Gasteiger partial charge in [0, 0.05) is 31.2 Å². The number of methoxy groups -OCH3 is 1. The Bertz CT molecular complexity index is 420. The predicted octanol–water partition coefficient (Wildman–Crippen LogP) is 1.06. The lowest BCUT2D eigenvalue weighted by Gasteiger charge is -2.34. The number of carbonyl (C=O) groups is 1. The van der Waals surface area contributed by atoms with Crippen LogP contribution in [0.5, 0.6) is 5.75 Å². The molecule has 0 radical (unpaired) electrons. The third-order valence-electron chi connectivity index (χ3n) is 3.36. The van der Waals surface area contributed by atoms with Crippen LogP contribution in [0.25, 0.3) is 0 Å². The number of nitrogens with one attached hydrogen (secondary N) is 1. The zero-order chi connectivity index (χ0) is 13.0. The molecule has 0 spiro atoms. The first kappa shape index (κ1) is 12.9. The van der Waals surface area contributed by atoms with E-state index in [2.05, 4.69) is 12.2 Å². The molecule has 1 aliphatic heterocycles. The molecule has 1 heterocycles. The molecule has 4 nitrogen and oxygen atoms in total. The number of nitrogens with zero attached hydrogens (tertiary/aromatic N) is 1. The number of amides is 1. The van der Waals surface area contributed by atoms with Crippen molar-refractivity contribution in [3.63, 3.8) is 0 Å². The van der Waals surface area contributed by atoms with E-state index in [-0.39, 0.29) is 11.9 Å². The van der Waals surface area contributed by atoms with Crippen LogP contribution in [0.4, 0.5) is 0 Å². The smallest absolute Gasteiger partial charge is 0.227 e. The summed E-state index contributed by atoms with van der Waals surface area (Å²) in [6.07, 6.45) is 0.411. The number of benzene rings is 1. The van der Waals surface area contributed by atoms with E-state index < -0.39 is 0 Å². The van der Waals surface area contributed by atoms with Gasteiger partial charge in [0.2, 0.25) is 5.91 Å². The Morgan fingerprint density at radius 1 is 1.50 bits per heavy atom. The zero-order valence-electron chi connectivity index (χ0n) is 11.0. The molecular formula is C14H20N2O2. The Morgan fingerprint density at radius 3 is 3.00 bits per heavy atom. The summed E-state index contributed by atoms with van der Waals surface area (Å²) >= 11 is 0. The minimum Gasteiger partial charge on any atom is -0.496 e. The molecule has 1 amide bonds. The second-order valence-corrected chi connectivity index (χ2v) is 4.63. The summed E-state index contributed by atoms with van der Waals surface area (Å²) in [5, 5.41) is 3.29. The van der Waals surface area contributed by atoms with Gasteiger partial charge >= 0.3 is 0 Å². The molecule has 0 bridgehead atoms. The zero-order valence-corrected chi connectivity index (χ0v) is 11.0. The third kappa shape index (κ3) is 2.82. The number of para-hydroxylation sites is 1. The summed E-state index contributed by atoms with van der Waals surface area (Å²) in [7, 11) is 1.64. The number of piperazine rings is 1. The van der Waals surface area contributed by atoms with Crippen molar-refractivity contribution >= 4 is 5.91 Å². The standard InChI is InChI=1S/C14H20N2O2/c1-11-10-15-7-8-16(11)14(17)9-12-5-3-4-6-13(12)18-2/h3-6,11,15H,7-10H2,1-2H3/t11-/m0/s1. The fourth-order valence-electron chi connectivity index (χ4n) is 2.33. The van der Waals surface area contributed by atoms with E-state index in [0.29, 0.717) is 6.42 Å². The quantitative estimate of drug-likeness (QED) is 0.869. The molecule has 0 unspecified atom stereocenters. The maximum absolute atomic E-state index is 12.3. The molecule has 1 fully saturated rings. The number of hydrogen-bond donors (Lipinski definition) is 1. The van der Waals surface area contributed by atoms with E-state index in [1.54, 1.807) is 7.11 Å². The molecule has 98 valence electrons. The van der Waals surface area contributed by atoms with Crippen molar-refractivity contribution in [2.75, 3.05) is 26.7 Å². The van der Waals surface area contributed by atoms with Gasteiger partial charge in [0.05, 0.1) is 13.5 Å². The van der Waals surface area contributed by atoms with E-state index in [0.717, 1.165) is 30.9 Å². The molecule has 18 heavy (non-hydrogen) atoms. The average molecular weight is 248 g/mol. The van der Waals surface area contributed by atoms with Gasteiger partial charge in [-0.25, -0.2) is 0 Å². The van der Waals surface area contributed by atoms with E-state index in [9.17, 15) is 4.79 Å². The summed E-state index contributed by atoms with van der Waals surface area (Å²) in [6.45, 7) is 4.61. The minimum absolute atomic E-state index is 0.175. The molecule has 1 aromatic carbocycles. The van der Waals surface area contributed by atoms with E-state index in [4.69, 9.17) is 4.74 Å². The molecule has 2 rings (SSSR count). The van der Waals surface area contributed by atoms with Crippen molar-refractivity contribution < 1.29 is 9.53 Å². The molecular weight excluding hydrogens is 228 g/mol. The molecule has 0 aromatic heterocycles. The molecule has 1 N–H and O–H groups in total. The van der Waals surface area contributed by atoms with Crippen molar-refractivity contribution in [1.82, 2.24) is 10.2 Å². The van der Waals surface area contributed by atoms with Gasteiger partial charge in [0.15, 0.2) is 0 Å². The monoisotopic (exact) mass is 248 g/mol. The number of ether oxygens (including phenoxy) is 1. The fourth-order valence-corrected chi connectivity index (χ4v) is 2.33. The Morgan fingerprint density at radius 2 is 2.28 bits per heavy atom. The lowest BCUT2D eigenvalue weighted by molar-refractivity contribution is -0.133. The van der Waals surface area contributed by atoms with Crippen molar-refractivity contribution in [2.24, 2.45) is 0 Å². The van der Waals surface area contributed by atoms with Crippen LogP contribution in [-0.4, -0.2) is 43.6 Å². The number of rotatable bonds is 3. The van der Waals surface area contributed by atoms with Crippen molar-refractivity contribution in [1.29, 1.82) is 0 Å². The highest BCUT2D eigenvalue weighted by Crippen LogP contribution is 2.19. The second kappa shape index (κ2) is 5.87.